The number of nitrogens with one attached hydrogen (secondary N) is 1. The Morgan fingerprint density at radius 1 is 1.16 bits per heavy atom. The second-order valence-corrected chi connectivity index (χ2v) is 6.40. The van der Waals surface area contributed by atoms with Crippen molar-refractivity contribution in [1.82, 2.24) is 5.32 Å². The number of rotatable bonds is 10. The molecule has 0 heterocycles. The van der Waals surface area contributed by atoms with E-state index in [2.05, 4.69) is 5.32 Å². The standard InChI is InChI=1S/C18H29NO6/c1-18(2,3)25-17(21)19-7-8-23-9-10-24-13-14-5-6-15(12-20)16(11-14)22-4/h5-6,11,20H,7-10,12-13H2,1-4H3,(H,19,21). The number of methoxy groups -OCH3 is 1. The lowest BCUT2D eigenvalue weighted by atomic mass is 10.1. The fourth-order valence-electron chi connectivity index (χ4n) is 1.96. The van der Waals surface area contributed by atoms with E-state index in [9.17, 15) is 9.90 Å². The van der Waals surface area contributed by atoms with Crippen molar-refractivity contribution in [1.29, 1.82) is 0 Å². The van der Waals surface area contributed by atoms with Crippen LogP contribution in [0.4, 0.5) is 4.79 Å². The molecule has 1 aromatic rings. The van der Waals surface area contributed by atoms with Gasteiger partial charge in [-0.15, -0.1) is 0 Å². The number of carbonyl (C=O) groups excluding carboxylic acids is 1. The van der Waals surface area contributed by atoms with Crippen LogP contribution >= 0.6 is 0 Å². The molecule has 25 heavy (non-hydrogen) atoms. The number of benzene rings is 1. The maximum atomic E-state index is 11.4. The molecule has 0 fully saturated rings. The van der Waals surface area contributed by atoms with E-state index in [0.29, 0.717) is 38.7 Å². The Balaban J connectivity index is 2.10. The Labute approximate surface area is 149 Å². The molecule has 0 bridgehead atoms. The Bertz CT molecular complexity index is 527. The van der Waals surface area contributed by atoms with Crippen molar-refractivity contribution in [2.24, 2.45) is 0 Å². The summed E-state index contributed by atoms with van der Waals surface area (Å²) in [6.07, 6.45) is -0.451. The summed E-state index contributed by atoms with van der Waals surface area (Å²) in [6.45, 7) is 7.46. The van der Waals surface area contributed by atoms with E-state index in [-0.39, 0.29) is 6.61 Å². The van der Waals surface area contributed by atoms with Crippen LogP contribution in [-0.4, -0.2) is 50.3 Å². The van der Waals surface area contributed by atoms with Crippen molar-refractivity contribution in [3.05, 3.63) is 29.3 Å². The Hall–Kier alpha value is -1.83. The summed E-state index contributed by atoms with van der Waals surface area (Å²) in [5.41, 5.74) is 1.20. The molecule has 2 N–H and O–H groups in total. The molecule has 1 rings (SSSR count). The van der Waals surface area contributed by atoms with Crippen LogP contribution in [0.15, 0.2) is 18.2 Å². The lowest BCUT2D eigenvalue weighted by Gasteiger charge is -2.19. The average molecular weight is 355 g/mol. The summed E-state index contributed by atoms with van der Waals surface area (Å²) in [5.74, 6) is 0.646. The lowest BCUT2D eigenvalue weighted by molar-refractivity contribution is 0.0355. The number of hydrogen-bond donors (Lipinski definition) is 2. The van der Waals surface area contributed by atoms with Gasteiger partial charge in [-0.3, -0.25) is 0 Å². The molecular weight excluding hydrogens is 326 g/mol. The highest BCUT2D eigenvalue weighted by atomic mass is 16.6. The largest absolute Gasteiger partial charge is 0.496 e. The first-order chi connectivity index (χ1) is 11.9. The monoisotopic (exact) mass is 355 g/mol. The highest BCUT2D eigenvalue weighted by molar-refractivity contribution is 5.67. The van der Waals surface area contributed by atoms with Crippen LogP contribution in [0.5, 0.6) is 5.75 Å². The van der Waals surface area contributed by atoms with Crippen molar-refractivity contribution in [3.8, 4) is 5.75 Å². The zero-order chi connectivity index (χ0) is 18.7. The molecule has 142 valence electrons. The molecule has 0 radical (unpaired) electrons. The first-order valence-corrected chi connectivity index (χ1v) is 8.24. The fraction of sp³-hybridized carbons (Fsp3) is 0.611. The van der Waals surface area contributed by atoms with Gasteiger partial charge in [-0.05, 0) is 32.4 Å². The molecular formula is C18H29NO6. The van der Waals surface area contributed by atoms with Gasteiger partial charge in [0.25, 0.3) is 0 Å². The first-order valence-electron chi connectivity index (χ1n) is 8.24. The molecule has 0 unspecified atom stereocenters. The van der Waals surface area contributed by atoms with Crippen LogP contribution in [0.3, 0.4) is 0 Å². The summed E-state index contributed by atoms with van der Waals surface area (Å²) < 4.78 is 21.2. The summed E-state index contributed by atoms with van der Waals surface area (Å²) in [4.78, 5) is 11.4. The van der Waals surface area contributed by atoms with Crippen LogP contribution in [0.25, 0.3) is 0 Å². The first kappa shape index (κ1) is 21.2. The minimum Gasteiger partial charge on any atom is -0.496 e. The van der Waals surface area contributed by atoms with Crippen LogP contribution in [0, 0.1) is 0 Å². The summed E-state index contributed by atoms with van der Waals surface area (Å²) in [6, 6.07) is 5.55. The number of aliphatic hydroxyl groups is 1. The Kier molecular flexibility index (Phi) is 9.26. The molecule has 0 aliphatic heterocycles. The van der Waals surface area contributed by atoms with Crippen molar-refractivity contribution in [3.63, 3.8) is 0 Å². The van der Waals surface area contributed by atoms with Crippen molar-refractivity contribution in [2.75, 3.05) is 33.5 Å². The molecule has 7 heteroatoms. The summed E-state index contributed by atoms with van der Waals surface area (Å²) in [7, 11) is 1.57. The second kappa shape index (κ2) is 10.9. The third-order valence-corrected chi connectivity index (χ3v) is 3.08. The van der Waals surface area contributed by atoms with Crippen LogP contribution in [0.1, 0.15) is 31.9 Å². The quantitative estimate of drug-likeness (QED) is 0.626. The van der Waals surface area contributed by atoms with E-state index in [0.717, 1.165) is 11.1 Å². The third kappa shape index (κ3) is 9.28. The zero-order valence-electron chi connectivity index (χ0n) is 15.5. The SMILES string of the molecule is COc1cc(COCCOCCNC(=O)OC(C)(C)C)ccc1CO. The van der Waals surface area contributed by atoms with Gasteiger partial charge in [0.2, 0.25) is 0 Å². The normalized spacial score (nSPS) is 11.2. The Morgan fingerprint density at radius 2 is 1.88 bits per heavy atom. The number of alkyl carbamates (subject to hydrolysis) is 1. The van der Waals surface area contributed by atoms with E-state index in [4.69, 9.17) is 18.9 Å². The molecule has 0 spiro atoms. The van der Waals surface area contributed by atoms with E-state index < -0.39 is 11.7 Å². The fourth-order valence-corrected chi connectivity index (χ4v) is 1.96. The number of aliphatic hydroxyl groups excluding tert-OH is 1. The second-order valence-electron chi connectivity index (χ2n) is 6.40. The number of hydrogen-bond acceptors (Lipinski definition) is 6. The topological polar surface area (TPSA) is 86.2 Å². The summed E-state index contributed by atoms with van der Waals surface area (Å²) in [5, 5.41) is 11.8. The number of ether oxygens (including phenoxy) is 4. The van der Waals surface area contributed by atoms with Gasteiger partial charge in [0.05, 0.1) is 40.1 Å². The highest BCUT2D eigenvalue weighted by Crippen LogP contribution is 2.20. The molecule has 0 aromatic heterocycles. The van der Waals surface area contributed by atoms with Gasteiger partial charge in [0.15, 0.2) is 0 Å². The average Bonchev–Trinajstić information content (AvgIpc) is 2.55. The third-order valence-electron chi connectivity index (χ3n) is 3.08. The molecule has 0 aliphatic carbocycles. The van der Waals surface area contributed by atoms with Crippen molar-refractivity contribution >= 4 is 6.09 Å². The molecule has 0 saturated carbocycles. The maximum absolute atomic E-state index is 11.4. The molecule has 1 aromatic carbocycles. The van der Waals surface area contributed by atoms with Gasteiger partial charge in [-0.25, -0.2) is 4.79 Å². The summed E-state index contributed by atoms with van der Waals surface area (Å²) >= 11 is 0. The van der Waals surface area contributed by atoms with Crippen molar-refractivity contribution < 1.29 is 28.8 Å². The number of carbonyl (C=O) groups is 1. The lowest BCUT2D eigenvalue weighted by Crippen LogP contribution is -2.34. The predicted octanol–water partition coefficient (Wildman–Crippen LogP) is 2.25. The van der Waals surface area contributed by atoms with Crippen LogP contribution in [0.2, 0.25) is 0 Å². The minimum atomic E-state index is -0.503. The van der Waals surface area contributed by atoms with Gasteiger partial charge < -0.3 is 29.4 Å². The van der Waals surface area contributed by atoms with E-state index >= 15 is 0 Å². The smallest absolute Gasteiger partial charge is 0.407 e. The molecule has 0 atom stereocenters. The number of amides is 1. The van der Waals surface area contributed by atoms with Crippen LogP contribution in [-0.2, 0) is 27.4 Å². The predicted molar refractivity (Wildman–Crippen MR) is 93.6 cm³/mol. The highest BCUT2D eigenvalue weighted by Gasteiger charge is 2.15. The van der Waals surface area contributed by atoms with E-state index in [1.807, 2.05) is 39.0 Å². The molecule has 1 amide bonds. The van der Waals surface area contributed by atoms with Gasteiger partial charge in [-0.2, -0.15) is 0 Å². The van der Waals surface area contributed by atoms with Gasteiger partial charge in [-0.1, -0.05) is 12.1 Å². The van der Waals surface area contributed by atoms with E-state index in [1.165, 1.54) is 0 Å². The minimum absolute atomic E-state index is 0.0600. The van der Waals surface area contributed by atoms with Crippen molar-refractivity contribution in [2.45, 2.75) is 39.6 Å². The molecule has 7 nitrogen and oxygen atoms in total. The molecule has 0 aliphatic rings. The van der Waals surface area contributed by atoms with Crippen LogP contribution < -0.4 is 10.1 Å². The molecule has 0 saturated heterocycles. The Morgan fingerprint density at radius 3 is 2.52 bits per heavy atom. The van der Waals surface area contributed by atoms with Gasteiger partial charge in [0, 0.05) is 12.1 Å². The maximum Gasteiger partial charge on any atom is 0.407 e. The van der Waals surface area contributed by atoms with E-state index in [1.54, 1.807) is 7.11 Å². The van der Waals surface area contributed by atoms with Gasteiger partial charge >= 0.3 is 6.09 Å². The van der Waals surface area contributed by atoms with Gasteiger partial charge in [0.1, 0.15) is 11.4 Å². The zero-order valence-corrected chi connectivity index (χ0v) is 15.5.